The molecule has 5 aromatic carbocycles. The quantitative estimate of drug-likeness (QED) is 0.143. The summed E-state index contributed by atoms with van der Waals surface area (Å²) >= 11 is 0. The maximum atomic E-state index is 9.72. The van der Waals surface area contributed by atoms with E-state index in [1.165, 1.54) is 21.5 Å². The van der Waals surface area contributed by atoms with Crippen LogP contribution in [-0.2, 0) is 6.04 Å². The number of hydrogen-bond acceptors (Lipinski definition) is 1. The normalized spacial score (nSPS) is 12.0. The molecular weight excluding hydrogens is 569 g/mol. The van der Waals surface area contributed by atoms with Gasteiger partial charge in [-0.2, -0.15) is 5.26 Å². The summed E-state index contributed by atoms with van der Waals surface area (Å²) in [4.78, 5) is 3.74. The van der Waals surface area contributed by atoms with Crippen LogP contribution in [0.25, 0.3) is 59.8 Å². The third kappa shape index (κ3) is 4.55. The highest BCUT2D eigenvalue weighted by molar-refractivity contribution is 6.88. The van der Waals surface area contributed by atoms with Crippen molar-refractivity contribution in [2.75, 3.05) is 0 Å². The van der Waals surface area contributed by atoms with Crippen LogP contribution in [0.1, 0.15) is 11.1 Å². The topological polar surface area (TPSA) is 38.0 Å². The minimum absolute atomic E-state index is 0.420. The molecule has 4 nitrogen and oxygen atoms in total. The van der Waals surface area contributed by atoms with E-state index in [0.29, 0.717) is 11.3 Å². The molecule has 44 heavy (non-hydrogen) atoms. The van der Waals surface area contributed by atoms with E-state index in [9.17, 15) is 5.26 Å². The lowest BCUT2D eigenvalue weighted by molar-refractivity contribution is 1.13. The second-order valence-electron chi connectivity index (χ2n) is 13.1. The number of nitriles is 1. The largest absolute Gasteiger partial charge is 0.309 e. The lowest BCUT2D eigenvalue weighted by Gasteiger charge is -2.17. The third-order valence-electron chi connectivity index (χ3n) is 8.61. The predicted molar refractivity (Wildman–Crippen MR) is 190 cm³/mol. The lowest BCUT2D eigenvalue weighted by Crippen LogP contribution is -2.37. The van der Waals surface area contributed by atoms with Crippen molar-refractivity contribution in [3.8, 4) is 17.4 Å². The van der Waals surface area contributed by atoms with Crippen molar-refractivity contribution in [1.82, 2.24) is 9.13 Å². The number of fused-ring (bicyclic) bond motifs is 6. The molecule has 0 N–H and O–H groups in total. The zero-order valence-corrected chi connectivity index (χ0v) is 27.7. The van der Waals surface area contributed by atoms with Crippen LogP contribution in [0.4, 0.5) is 5.69 Å². The molecule has 0 saturated heterocycles. The van der Waals surface area contributed by atoms with Crippen molar-refractivity contribution in [3.63, 3.8) is 0 Å². The molecule has 0 atom stereocenters. The summed E-state index contributed by atoms with van der Waals surface area (Å²) < 4.78 is 4.67. The first-order valence-electron chi connectivity index (χ1n) is 15.0. The van der Waals surface area contributed by atoms with Crippen LogP contribution < -0.4 is 5.19 Å². The summed E-state index contributed by atoms with van der Waals surface area (Å²) in [6.45, 7) is 19.5. The maximum absolute atomic E-state index is 9.72. The van der Waals surface area contributed by atoms with Crippen molar-refractivity contribution in [1.29, 1.82) is 5.26 Å². The smallest absolute Gasteiger partial charge is 0.188 e. The molecule has 0 saturated carbocycles. The minimum Gasteiger partial charge on any atom is -0.309 e. The van der Waals surface area contributed by atoms with Crippen molar-refractivity contribution in [3.05, 3.63) is 120 Å². The Hall–Kier alpha value is -4.89. The van der Waals surface area contributed by atoms with Gasteiger partial charge < -0.3 is 9.13 Å². The van der Waals surface area contributed by atoms with Crippen molar-refractivity contribution < 1.29 is 0 Å². The Bertz CT molecular complexity index is 2350. The van der Waals surface area contributed by atoms with Crippen molar-refractivity contribution >= 4 is 71.4 Å². The fraction of sp³-hybridized carbons (Fsp3) is 0.158. The van der Waals surface area contributed by atoms with E-state index in [0.717, 1.165) is 50.3 Å². The summed E-state index contributed by atoms with van der Waals surface area (Å²) in [5.41, 5.74) is 9.31. The van der Waals surface area contributed by atoms with Gasteiger partial charge in [-0.3, -0.25) is 0 Å². The summed E-state index contributed by atoms with van der Waals surface area (Å²) in [6, 6.07) is 38.0. The molecule has 0 fully saturated rings. The van der Waals surface area contributed by atoms with Crippen molar-refractivity contribution in [2.24, 2.45) is 0 Å². The zero-order valence-electron chi connectivity index (χ0n) is 25.7. The minimum atomic E-state index is -1.54. The van der Waals surface area contributed by atoms with Gasteiger partial charge in [0.1, 0.15) is 0 Å². The highest BCUT2D eigenvalue weighted by atomic mass is 28.3. The molecule has 1 radical (unpaired) electrons. The van der Waals surface area contributed by atoms with Gasteiger partial charge in [0.25, 0.3) is 0 Å². The summed E-state index contributed by atoms with van der Waals surface area (Å²) in [5, 5.41) is 15.7. The molecule has 0 aliphatic carbocycles. The molecule has 0 aliphatic rings. The average molecular weight is 602 g/mol. The number of benzene rings is 5. The SMILES string of the molecule is [C-]#[N+]c1ccc2c(c1)c1cc(C[Si](C)C)ccc1n2-c1cccc(-n2c3ccc(C#N)cc3c3cc([Si](C)(C)C)ccc32)c1. The van der Waals surface area contributed by atoms with Crippen LogP contribution in [0, 0.1) is 17.9 Å². The molecule has 213 valence electrons. The van der Waals surface area contributed by atoms with Crippen LogP contribution in [0.5, 0.6) is 0 Å². The highest BCUT2D eigenvalue weighted by Crippen LogP contribution is 2.37. The van der Waals surface area contributed by atoms with Crippen LogP contribution in [-0.4, -0.2) is 26.0 Å². The van der Waals surface area contributed by atoms with Gasteiger partial charge >= 0.3 is 0 Å². The summed E-state index contributed by atoms with van der Waals surface area (Å²) in [5.74, 6) is 0. The highest BCUT2D eigenvalue weighted by Gasteiger charge is 2.21. The van der Waals surface area contributed by atoms with Gasteiger partial charge in [-0.1, -0.05) is 73.8 Å². The molecule has 2 aromatic heterocycles. The van der Waals surface area contributed by atoms with Crippen LogP contribution in [0.3, 0.4) is 0 Å². The molecule has 2 heterocycles. The number of nitrogens with zero attached hydrogens (tertiary/aromatic N) is 4. The summed E-state index contributed by atoms with van der Waals surface area (Å²) in [6.07, 6.45) is 0. The van der Waals surface area contributed by atoms with Gasteiger partial charge in [-0.25, -0.2) is 4.85 Å². The Morgan fingerprint density at radius 1 is 0.705 bits per heavy atom. The standard InChI is InChI=1S/C38H33N4Si2/c1-40-27-12-16-37-33(20-27)32-19-26(24-43(2)3)11-15-36(32)41(37)28-8-7-9-29(21-28)42-35-14-10-25(23-39)18-31(35)34-22-30(44(4,5)6)13-17-38(34)42/h7-22H,24H2,2-6H3. The second kappa shape index (κ2) is 10.4. The van der Waals surface area contributed by atoms with Gasteiger partial charge in [0.05, 0.1) is 48.3 Å². The summed E-state index contributed by atoms with van der Waals surface area (Å²) in [7, 11) is -1.96. The van der Waals surface area contributed by atoms with Crippen LogP contribution in [0.2, 0.25) is 32.7 Å². The van der Waals surface area contributed by atoms with E-state index in [4.69, 9.17) is 6.57 Å². The van der Waals surface area contributed by atoms with E-state index in [1.807, 2.05) is 24.3 Å². The van der Waals surface area contributed by atoms with E-state index in [2.05, 4.69) is 126 Å². The maximum Gasteiger partial charge on any atom is 0.188 e. The Balaban J connectivity index is 1.49. The Morgan fingerprint density at radius 2 is 1.27 bits per heavy atom. The van der Waals surface area contributed by atoms with Gasteiger partial charge in [-0.15, -0.1) is 0 Å². The van der Waals surface area contributed by atoms with Gasteiger partial charge in [-0.05, 0) is 78.2 Å². The van der Waals surface area contributed by atoms with Gasteiger partial charge in [0.2, 0.25) is 0 Å². The Labute approximate surface area is 260 Å². The molecule has 6 heteroatoms. The van der Waals surface area contributed by atoms with Crippen LogP contribution in [0.15, 0.2) is 97.1 Å². The van der Waals surface area contributed by atoms with Gasteiger partial charge in [0, 0.05) is 36.3 Å². The molecule has 0 spiro atoms. The molecule has 0 unspecified atom stereocenters. The molecule has 7 aromatic rings. The van der Waals surface area contributed by atoms with Gasteiger partial charge in [0.15, 0.2) is 5.69 Å². The number of hydrogen-bond donors (Lipinski definition) is 0. The van der Waals surface area contributed by atoms with E-state index in [1.54, 1.807) is 0 Å². The fourth-order valence-electron chi connectivity index (χ4n) is 6.53. The van der Waals surface area contributed by atoms with E-state index < -0.39 is 16.9 Å². The van der Waals surface area contributed by atoms with E-state index >= 15 is 0 Å². The third-order valence-corrected chi connectivity index (χ3v) is 11.8. The molecular formula is C38H33N4Si2. The second-order valence-corrected chi connectivity index (χ2v) is 20.9. The first kappa shape index (κ1) is 27.9. The lowest BCUT2D eigenvalue weighted by atomic mass is 10.1. The number of aromatic nitrogens is 2. The van der Waals surface area contributed by atoms with Crippen molar-refractivity contribution in [2.45, 2.75) is 38.8 Å². The predicted octanol–water partition coefficient (Wildman–Crippen LogP) is 9.68. The molecule has 0 aliphatic heterocycles. The fourth-order valence-corrected chi connectivity index (χ4v) is 8.73. The molecule has 0 amide bonds. The monoisotopic (exact) mass is 601 g/mol. The molecule has 7 rings (SSSR count). The number of rotatable bonds is 5. The average Bonchev–Trinajstić information content (AvgIpc) is 3.51. The van der Waals surface area contributed by atoms with E-state index in [-0.39, 0.29) is 0 Å². The molecule has 0 bridgehead atoms. The first-order valence-corrected chi connectivity index (χ1v) is 21.2. The first-order chi connectivity index (χ1) is 21.2. The van der Waals surface area contributed by atoms with Crippen LogP contribution >= 0.6 is 0 Å². The zero-order chi connectivity index (χ0) is 30.7. The Kier molecular flexibility index (Phi) is 6.59. The Morgan fingerprint density at radius 3 is 1.89 bits per heavy atom.